The van der Waals surface area contributed by atoms with Crippen molar-refractivity contribution in [1.29, 1.82) is 0 Å². The van der Waals surface area contributed by atoms with E-state index in [1.807, 2.05) is 22.7 Å². The van der Waals surface area contributed by atoms with Gasteiger partial charge in [0, 0.05) is 40.3 Å². The maximum atomic E-state index is 2.57. The molecule has 0 amide bonds. The molecule has 2 heteroatoms. The van der Waals surface area contributed by atoms with Gasteiger partial charge in [-0.1, -0.05) is 194 Å². The van der Waals surface area contributed by atoms with Crippen molar-refractivity contribution >= 4 is 117 Å². The topological polar surface area (TPSA) is 0 Å². The first kappa shape index (κ1) is 39.6. The average molecular weight is 921 g/mol. The van der Waals surface area contributed by atoms with Gasteiger partial charge in [0.2, 0.25) is 0 Å². The van der Waals surface area contributed by atoms with Gasteiger partial charge in [-0.25, -0.2) is 0 Å². The Morgan fingerprint density at radius 3 is 1.26 bits per heavy atom. The van der Waals surface area contributed by atoms with Crippen LogP contribution in [0.1, 0.15) is 0 Å². The molecule has 0 saturated carbocycles. The van der Waals surface area contributed by atoms with Gasteiger partial charge >= 0.3 is 0 Å². The summed E-state index contributed by atoms with van der Waals surface area (Å²) in [6.07, 6.45) is 0. The summed E-state index contributed by atoms with van der Waals surface area (Å²) in [5, 5.41) is 17.7. The third-order valence-electron chi connectivity index (χ3n) is 14.8. The molecular weight excluding hydrogens is 881 g/mol. The van der Waals surface area contributed by atoms with Gasteiger partial charge in [-0.2, -0.15) is 0 Å². The standard InChI is InChI=1S/C68H40S2/c1-3-15-41(16-4-1)45-29-34-55-57(36-45)66(48-31-33-53-51-23-12-14-26-62(51)70-64(53)38-48)59-39-56-49-21-9-10-24-54(49)68(46-28-27-42-17-7-8-20-44(42)35-46)67(43-18-5-2-6-19-43)58(56)40-60(59)65(55)47-30-32-52-50-22-11-13-25-61(50)69-63(52)37-47/h1-40H. The second kappa shape index (κ2) is 15.6. The zero-order chi connectivity index (χ0) is 45.9. The van der Waals surface area contributed by atoms with Crippen LogP contribution in [0.4, 0.5) is 0 Å². The van der Waals surface area contributed by atoms with Crippen LogP contribution < -0.4 is 0 Å². The molecule has 0 aliphatic heterocycles. The summed E-state index contributed by atoms with van der Waals surface area (Å²) in [7, 11) is 0. The molecule has 0 saturated heterocycles. The van der Waals surface area contributed by atoms with Crippen LogP contribution in [0.5, 0.6) is 0 Å². The highest BCUT2D eigenvalue weighted by atomic mass is 32.1. The van der Waals surface area contributed by atoms with Gasteiger partial charge in [0.05, 0.1) is 0 Å². The van der Waals surface area contributed by atoms with E-state index in [0.29, 0.717) is 0 Å². The highest BCUT2D eigenvalue weighted by Crippen LogP contribution is 2.52. The lowest BCUT2D eigenvalue weighted by molar-refractivity contribution is 1.64. The molecule has 2 heterocycles. The summed E-state index contributed by atoms with van der Waals surface area (Å²) in [5.41, 5.74) is 12.3. The summed E-state index contributed by atoms with van der Waals surface area (Å²) in [4.78, 5) is 0. The van der Waals surface area contributed by atoms with Crippen molar-refractivity contribution in [3.63, 3.8) is 0 Å². The van der Waals surface area contributed by atoms with Crippen molar-refractivity contribution in [3.05, 3.63) is 243 Å². The van der Waals surface area contributed by atoms with Crippen molar-refractivity contribution in [1.82, 2.24) is 0 Å². The molecular formula is C68H40S2. The zero-order valence-corrected chi connectivity index (χ0v) is 39.5. The molecule has 15 rings (SSSR count). The molecule has 0 bridgehead atoms. The summed E-state index contributed by atoms with van der Waals surface area (Å²) in [6.45, 7) is 0. The Hall–Kier alpha value is -8.40. The van der Waals surface area contributed by atoms with Crippen LogP contribution >= 0.6 is 22.7 Å². The van der Waals surface area contributed by atoms with E-state index >= 15 is 0 Å². The van der Waals surface area contributed by atoms with Gasteiger partial charge in [-0.05, 0) is 158 Å². The number of fused-ring (bicyclic) bond motifs is 12. The van der Waals surface area contributed by atoms with Gasteiger partial charge in [0.15, 0.2) is 0 Å². The third kappa shape index (κ3) is 6.07. The van der Waals surface area contributed by atoms with E-state index in [4.69, 9.17) is 0 Å². The van der Waals surface area contributed by atoms with Crippen molar-refractivity contribution in [2.75, 3.05) is 0 Å². The fraction of sp³-hybridized carbons (Fsp3) is 0. The molecule has 70 heavy (non-hydrogen) atoms. The first-order valence-corrected chi connectivity index (χ1v) is 25.7. The number of hydrogen-bond donors (Lipinski definition) is 0. The van der Waals surface area contributed by atoms with Crippen LogP contribution in [-0.2, 0) is 0 Å². The van der Waals surface area contributed by atoms with Crippen LogP contribution in [0.2, 0.25) is 0 Å². The van der Waals surface area contributed by atoms with Gasteiger partial charge < -0.3 is 0 Å². The van der Waals surface area contributed by atoms with Crippen molar-refractivity contribution in [3.8, 4) is 55.6 Å². The van der Waals surface area contributed by atoms with E-state index in [0.717, 1.165) is 0 Å². The molecule has 13 aromatic carbocycles. The molecule has 0 N–H and O–H groups in total. The van der Waals surface area contributed by atoms with E-state index in [-0.39, 0.29) is 0 Å². The predicted octanol–water partition coefficient (Wildman–Crippen LogP) is 20.5. The lowest BCUT2D eigenvalue weighted by Crippen LogP contribution is -1.95. The van der Waals surface area contributed by atoms with E-state index in [1.165, 1.54) is 150 Å². The number of benzene rings is 13. The lowest BCUT2D eigenvalue weighted by atomic mass is 9.80. The fourth-order valence-corrected chi connectivity index (χ4v) is 13.9. The van der Waals surface area contributed by atoms with E-state index < -0.39 is 0 Å². The normalized spacial score (nSPS) is 12.0. The minimum Gasteiger partial charge on any atom is -0.135 e. The van der Waals surface area contributed by atoms with Crippen LogP contribution in [0, 0.1) is 0 Å². The molecule has 0 atom stereocenters. The number of rotatable bonds is 5. The number of thiophene rings is 2. The lowest BCUT2D eigenvalue weighted by Gasteiger charge is -2.23. The Morgan fingerprint density at radius 2 is 0.586 bits per heavy atom. The summed E-state index contributed by atoms with van der Waals surface area (Å²) < 4.78 is 5.23. The molecule has 0 aliphatic carbocycles. The number of hydrogen-bond acceptors (Lipinski definition) is 2. The smallest absolute Gasteiger partial charge is 0.0361 e. The Balaban J connectivity index is 1.15. The van der Waals surface area contributed by atoms with Crippen LogP contribution in [0.25, 0.3) is 150 Å². The SMILES string of the molecule is c1ccc(-c2ccc3c(-c4ccc5c(c4)sc4ccccc45)c4cc5c(-c6ccccc6)c(-c6ccc7ccccc7c6)c6ccccc6c5cc4c(-c4ccc5c(c4)sc4ccccc45)c3c2)cc1. The molecule has 0 aliphatic rings. The Bertz CT molecular complexity index is 4630. The highest BCUT2D eigenvalue weighted by Gasteiger charge is 2.24. The molecule has 0 unspecified atom stereocenters. The second-order valence-electron chi connectivity index (χ2n) is 18.7. The second-order valence-corrected chi connectivity index (χ2v) is 20.8. The average Bonchev–Trinajstić information content (AvgIpc) is 3.99. The van der Waals surface area contributed by atoms with Gasteiger partial charge in [-0.15, -0.1) is 22.7 Å². The maximum Gasteiger partial charge on any atom is 0.0361 e. The van der Waals surface area contributed by atoms with Crippen LogP contribution in [-0.4, -0.2) is 0 Å². The van der Waals surface area contributed by atoms with E-state index in [2.05, 4.69) is 243 Å². The highest BCUT2D eigenvalue weighted by molar-refractivity contribution is 7.26. The quantitative estimate of drug-likeness (QED) is 0.119. The summed E-state index contributed by atoms with van der Waals surface area (Å²) >= 11 is 3.78. The predicted molar refractivity (Wildman–Crippen MR) is 307 cm³/mol. The molecule has 0 fully saturated rings. The first-order valence-electron chi connectivity index (χ1n) is 24.1. The monoisotopic (exact) mass is 920 g/mol. The van der Waals surface area contributed by atoms with Crippen molar-refractivity contribution in [2.45, 2.75) is 0 Å². The van der Waals surface area contributed by atoms with Crippen molar-refractivity contribution in [2.24, 2.45) is 0 Å². The molecule has 0 radical (unpaired) electrons. The van der Waals surface area contributed by atoms with E-state index in [9.17, 15) is 0 Å². The molecule has 324 valence electrons. The maximum absolute atomic E-state index is 2.57. The molecule has 15 aromatic rings. The summed E-state index contributed by atoms with van der Waals surface area (Å²) in [5.74, 6) is 0. The zero-order valence-electron chi connectivity index (χ0n) is 37.9. The Morgan fingerprint density at radius 1 is 0.171 bits per heavy atom. The molecule has 2 aromatic heterocycles. The fourth-order valence-electron chi connectivity index (χ4n) is 11.7. The largest absolute Gasteiger partial charge is 0.135 e. The third-order valence-corrected chi connectivity index (χ3v) is 17.1. The molecule has 0 spiro atoms. The summed E-state index contributed by atoms with van der Waals surface area (Å²) in [6, 6.07) is 91.3. The Kier molecular flexibility index (Phi) is 8.80. The minimum atomic E-state index is 1.21. The molecule has 0 nitrogen and oxygen atoms in total. The van der Waals surface area contributed by atoms with Crippen molar-refractivity contribution < 1.29 is 0 Å². The van der Waals surface area contributed by atoms with E-state index in [1.54, 1.807) is 0 Å². The van der Waals surface area contributed by atoms with Gasteiger partial charge in [-0.3, -0.25) is 0 Å². The van der Waals surface area contributed by atoms with Gasteiger partial charge in [0.1, 0.15) is 0 Å². The van der Waals surface area contributed by atoms with Crippen LogP contribution in [0.15, 0.2) is 243 Å². The first-order chi connectivity index (χ1) is 34.7. The van der Waals surface area contributed by atoms with Crippen LogP contribution in [0.3, 0.4) is 0 Å². The Labute approximate surface area is 412 Å². The van der Waals surface area contributed by atoms with Gasteiger partial charge in [0.25, 0.3) is 0 Å². The minimum absolute atomic E-state index is 1.21.